The second-order valence-corrected chi connectivity index (χ2v) is 6.19. The number of pyridine rings is 1. The molecule has 0 atom stereocenters. The topological polar surface area (TPSA) is 87.3 Å². The molecule has 0 aromatic carbocycles. The van der Waals surface area contributed by atoms with Gasteiger partial charge in [0, 0.05) is 30.9 Å². The summed E-state index contributed by atoms with van der Waals surface area (Å²) >= 11 is 0. The van der Waals surface area contributed by atoms with Crippen molar-refractivity contribution in [3.05, 3.63) is 34.2 Å². The molecule has 1 fully saturated rings. The zero-order chi connectivity index (χ0) is 12.5. The third-order valence-corrected chi connectivity index (χ3v) is 4.26. The lowest BCUT2D eigenvalue weighted by atomic mass is 10.2. The summed E-state index contributed by atoms with van der Waals surface area (Å²) in [6.07, 6.45) is 1.40. The van der Waals surface area contributed by atoms with Crippen LogP contribution >= 0.6 is 0 Å². The fourth-order valence-electron chi connectivity index (χ4n) is 1.68. The molecule has 0 unspecified atom stereocenters. The first-order valence-electron chi connectivity index (χ1n) is 5.16. The number of hydrogen-bond acceptors (Lipinski definition) is 4. The minimum atomic E-state index is -3.00. The Morgan fingerprint density at radius 1 is 1.29 bits per heavy atom. The fraction of sp³-hybridized carbons (Fsp3) is 0.400. The number of rotatable bonds is 1. The smallest absolute Gasteiger partial charge is 0.254 e. The Balaban J connectivity index is 2.15. The van der Waals surface area contributed by atoms with Crippen LogP contribution < -0.4 is 5.56 Å². The molecule has 0 radical (unpaired) electrons. The van der Waals surface area contributed by atoms with Crippen molar-refractivity contribution in [2.75, 3.05) is 24.6 Å². The maximum absolute atomic E-state index is 11.9. The van der Waals surface area contributed by atoms with Gasteiger partial charge in [-0.2, -0.15) is 0 Å². The van der Waals surface area contributed by atoms with E-state index in [1.165, 1.54) is 23.2 Å². The average molecular weight is 256 g/mol. The van der Waals surface area contributed by atoms with Crippen LogP contribution in [0.2, 0.25) is 0 Å². The molecule has 0 saturated carbocycles. The molecule has 92 valence electrons. The van der Waals surface area contributed by atoms with E-state index in [2.05, 4.69) is 4.98 Å². The van der Waals surface area contributed by atoms with Gasteiger partial charge in [0.2, 0.25) is 5.56 Å². The van der Waals surface area contributed by atoms with E-state index in [9.17, 15) is 18.0 Å². The minimum Gasteiger partial charge on any atom is -0.337 e. The highest BCUT2D eigenvalue weighted by atomic mass is 32.2. The van der Waals surface area contributed by atoms with E-state index in [0.717, 1.165) is 0 Å². The van der Waals surface area contributed by atoms with Crippen molar-refractivity contribution in [2.24, 2.45) is 0 Å². The van der Waals surface area contributed by atoms with Crippen LogP contribution in [0.15, 0.2) is 23.1 Å². The molecule has 1 aliphatic rings. The highest BCUT2D eigenvalue weighted by Crippen LogP contribution is 2.08. The molecule has 1 amide bonds. The first-order valence-corrected chi connectivity index (χ1v) is 6.98. The summed E-state index contributed by atoms with van der Waals surface area (Å²) in [7, 11) is -3.00. The number of carbonyl (C=O) groups is 1. The number of sulfone groups is 1. The second-order valence-electron chi connectivity index (χ2n) is 3.89. The molecular formula is C10H12N2O4S. The van der Waals surface area contributed by atoms with Gasteiger partial charge in [0.25, 0.3) is 5.91 Å². The van der Waals surface area contributed by atoms with E-state index < -0.39 is 9.84 Å². The Morgan fingerprint density at radius 2 is 1.94 bits per heavy atom. The summed E-state index contributed by atoms with van der Waals surface area (Å²) in [5.74, 6) is -0.324. The molecule has 1 aliphatic heterocycles. The first-order chi connectivity index (χ1) is 7.98. The lowest BCUT2D eigenvalue weighted by Crippen LogP contribution is -2.43. The van der Waals surface area contributed by atoms with Crippen molar-refractivity contribution >= 4 is 15.7 Å². The molecule has 17 heavy (non-hydrogen) atoms. The number of hydrogen-bond donors (Lipinski definition) is 1. The summed E-state index contributed by atoms with van der Waals surface area (Å²) in [6.45, 7) is 0.377. The van der Waals surface area contributed by atoms with Gasteiger partial charge in [-0.3, -0.25) is 9.59 Å². The van der Waals surface area contributed by atoms with Gasteiger partial charge in [0.15, 0.2) is 9.84 Å². The van der Waals surface area contributed by atoms with Crippen LogP contribution in [0.25, 0.3) is 0 Å². The summed E-state index contributed by atoms with van der Waals surface area (Å²) in [5.41, 5.74) is -0.0615. The third kappa shape index (κ3) is 2.73. The van der Waals surface area contributed by atoms with Crippen molar-refractivity contribution in [1.29, 1.82) is 0 Å². The van der Waals surface area contributed by atoms with Crippen LogP contribution in [0.5, 0.6) is 0 Å². The standard InChI is InChI=1S/C10H12N2O4S/c13-9-7-8(1-2-11-9)10(14)12-3-5-17(15,16)6-4-12/h1-2,7H,3-6H2,(H,11,13). The van der Waals surface area contributed by atoms with E-state index >= 15 is 0 Å². The monoisotopic (exact) mass is 256 g/mol. The second kappa shape index (κ2) is 4.33. The summed E-state index contributed by atoms with van der Waals surface area (Å²) in [4.78, 5) is 26.9. The summed E-state index contributed by atoms with van der Waals surface area (Å²) < 4.78 is 22.4. The molecule has 2 rings (SSSR count). The molecule has 0 aliphatic carbocycles. The molecule has 2 heterocycles. The van der Waals surface area contributed by atoms with E-state index in [0.29, 0.717) is 0 Å². The number of H-pyrrole nitrogens is 1. The number of nitrogens with one attached hydrogen (secondary N) is 1. The molecule has 7 heteroatoms. The summed E-state index contributed by atoms with van der Waals surface area (Å²) in [6, 6.07) is 2.72. The first kappa shape index (κ1) is 11.8. The number of aromatic nitrogens is 1. The van der Waals surface area contributed by atoms with Crippen LogP contribution in [0.4, 0.5) is 0 Å². The normalized spacial score (nSPS) is 18.9. The van der Waals surface area contributed by atoms with Gasteiger partial charge >= 0.3 is 0 Å². The lowest BCUT2D eigenvalue weighted by molar-refractivity contribution is 0.0770. The molecule has 1 aromatic heterocycles. The Labute approximate surface area is 98.2 Å². The van der Waals surface area contributed by atoms with Gasteiger partial charge in [-0.25, -0.2) is 8.42 Å². The minimum absolute atomic E-state index is 0.0120. The van der Waals surface area contributed by atoms with Crippen molar-refractivity contribution in [2.45, 2.75) is 0 Å². The average Bonchev–Trinajstić information content (AvgIpc) is 2.28. The van der Waals surface area contributed by atoms with E-state index in [1.807, 2.05) is 0 Å². The Morgan fingerprint density at radius 3 is 2.53 bits per heavy atom. The Bertz CT molecular complexity index is 576. The van der Waals surface area contributed by atoms with Crippen LogP contribution in [0.1, 0.15) is 10.4 Å². The molecular weight excluding hydrogens is 244 g/mol. The SMILES string of the molecule is O=C(c1cc[nH]c(=O)c1)N1CCS(=O)(=O)CC1. The number of nitrogens with zero attached hydrogens (tertiary/aromatic N) is 1. The van der Waals surface area contributed by atoms with Crippen molar-refractivity contribution in [3.8, 4) is 0 Å². The van der Waals surface area contributed by atoms with Gasteiger partial charge in [-0.1, -0.05) is 0 Å². The zero-order valence-electron chi connectivity index (χ0n) is 9.05. The third-order valence-electron chi connectivity index (χ3n) is 2.65. The van der Waals surface area contributed by atoms with Crippen molar-refractivity contribution in [3.63, 3.8) is 0 Å². The van der Waals surface area contributed by atoms with Crippen LogP contribution in [0.3, 0.4) is 0 Å². The number of amides is 1. The molecule has 1 aromatic rings. The summed E-state index contributed by atoms with van der Waals surface area (Å²) in [5, 5.41) is 0. The molecule has 0 spiro atoms. The van der Waals surface area contributed by atoms with E-state index in [1.54, 1.807) is 0 Å². The Hall–Kier alpha value is -1.63. The van der Waals surface area contributed by atoms with Gasteiger partial charge in [-0.05, 0) is 6.07 Å². The maximum atomic E-state index is 11.9. The highest BCUT2D eigenvalue weighted by molar-refractivity contribution is 7.91. The van der Waals surface area contributed by atoms with Crippen LogP contribution in [-0.4, -0.2) is 48.8 Å². The Kier molecular flexibility index (Phi) is 3.01. The number of aromatic amines is 1. The molecule has 1 saturated heterocycles. The van der Waals surface area contributed by atoms with Gasteiger partial charge in [0.05, 0.1) is 11.5 Å². The van der Waals surface area contributed by atoms with E-state index in [-0.39, 0.29) is 41.6 Å². The number of carbonyl (C=O) groups excluding carboxylic acids is 1. The van der Waals surface area contributed by atoms with Gasteiger partial charge < -0.3 is 9.88 Å². The largest absolute Gasteiger partial charge is 0.337 e. The van der Waals surface area contributed by atoms with Crippen molar-refractivity contribution in [1.82, 2.24) is 9.88 Å². The zero-order valence-corrected chi connectivity index (χ0v) is 9.87. The highest BCUT2D eigenvalue weighted by Gasteiger charge is 2.25. The van der Waals surface area contributed by atoms with Gasteiger partial charge in [-0.15, -0.1) is 0 Å². The fourth-order valence-corrected chi connectivity index (χ4v) is 2.88. The van der Waals surface area contributed by atoms with E-state index in [4.69, 9.17) is 0 Å². The molecule has 0 bridgehead atoms. The predicted molar refractivity (Wildman–Crippen MR) is 61.6 cm³/mol. The van der Waals surface area contributed by atoms with Crippen LogP contribution in [0, 0.1) is 0 Å². The molecule has 1 N–H and O–H groups in total. The quantitative estimate of drug-likeness (QED) is 0.716. The maximum Gasteiger partial charge on any atom is 0.254 e. The van der Waals surface area contributed by atoms with Gasteiger partial charge in [0.1, 0.15) is 0 Å². The van der Waals surface area contributed by atoms with Crippen molar-refractivity contribution < 1.29 is 13.2 Å². The van der Waals surface area contributed by atoms with Crippen LogP contribution in [-0.2, 0) is 9.84 Å². The lowest BCUT2D eigenvalue weighted by Gasteiger charge is -2.26. The molecule has 6 nitrogen and oxygen atoms in total. The predicted octanol–water partition coefficient (Wildman–Crippen LogP) is -0.754.